The monoisotopic (exact) mass is 275 g/mol. The minimum absolute atomic E-state index is 0.310. The van der Waals surface area contributed by atoms with E-state index < -0.39 is 5.97 Å². The fourth-order valence-electron chi connectivity index (χ4n) is 2.97. The molecule has 0 saturated carbocycles. The molecule has 1 aromatic rings. The van der Waals surface area contributed by atoms with E-state index in [1.807, 2.05) is 0 Å². The molecule has 1 N–H and O–H groups in total. The summed E-state index contributed by atoms with van der Waals surface area (Å²) in [6.07, 6.45) is 5.87. The van der Waals surface area contributed by atoms with Gasteiger partial charge in [0.1, 0.15) is 0 Å². The van der Waals surface area contributed by atoms with E-state index in [1.165, 1.54) is 37.9 Å². The first-order chi connectivity index (χ1) is 9.74. The maximum absolute atomic E-state index is 10.5. The lowest BCUT2D eigenvalue weighted by atomic mass is 9.90. The van der Waals surface area contributed by atoms with Crippen LogP contribution in [0.25, 0.3) is 0 Å². The first-order valence-electron chi connectivity index (χ1n) is 7.72. The molecule has 3 heteroatoms. The molecule has 1 aliphatic rings. The van der Waals surface area contributed by atoms with Crippen LogP contribution in [0.1, 0.15) is 37.7 Å². The van der Waals surface area contributed by atoms with Gasteiger partial charge in [-0.2, -0.15) is 0 Å². The molecule has 0 spiro atoms. The van der Waals surface area contributed by atoms with Crippen LogP contribution in [0.3, 0.4) is 0 Å². The molecule has 3 nitrogen and oxygen atoms in total. The van der Waals surface area contributed by atoms with Crippen LogP contribution in [-0.4, -0.2) is 35.6 Å². The Hall–Kier alpha value is -1.35. The zero-order chi connectivity index (χ0) is 14.2. The van der Waals surface area contributed by atoms with Crippen molar-refractivity contribution in [2.24, 2.45) is 5.92 Å². The number of nitrogens with zero attached hydrogens (tertiary/aromatic N) is 1. The third-order valence-corrected chi connectivity index (χ3v) is 4.19. The van der Waals surface area contributed by atoms with E-state index in [9.17, 15) is 4.79 Å². The van der Waals surface area contributed by atoms with Gasteiger partial charge >= 0.3 is 5.97 Å². The van der Waals surface area contributed by atoms with Gasteiger partial charge in [0.2, 0.25) is 0 Å². The molecular formula is C17H25NO2. The summed E-state index contributed by atoms with van der Waals surface area (Å²) >= 11 is 0. The van der Waals surface area contributed by atoms with Crippen LogP contribution < -0.4 is 0 Å². The first-order valence-corrected chi connectivity index (χ1v) is 7.72. The number of unbranched alkanes of at least 4 members (excludes halogenated alkanes) is 1. The van der Waals surface area contributed by atoms with E-state index in [-0.39, 0.29) is 0 Å². The van der Waals surface area contributed by atoms with Gasteiger partial charge in [-0.25, -0.2) is 0 Å². The molecule has 20 heavy (non-hydrogen) atoms. The van der Waals surface area contributed by atoms with Gasteiger partial charge < -0.3 is 10.0 Å². The van der Waals surface area contributed by atoms with E-state index in [4.69, 9.17) is 5.11 Å². The Balaban J connectivity index is 1.61. The van der Waals surface area contributed by atoms with Gasteiger partial charge in [-0.3, -0.25) is 4.79 Å². The lowest BCUT2D eigenvalue weighted by molar-refractivity contribution is -0.137. The van der Waals surface area contributed by atoms with Crippen LogP contribution in [0.4, 0.5) is 0 Å². The van der Waals surface area contributed by atoms with Crippen LogP contribution in [0.5, 0.6) is 0 Å². The second-order valence-corrected chi connectivity index (χ2v) is 5.83. The van der Waals surface area contributed by atoms with Crippen molar-refractivity contribution >= 4 is 5.97 Å². The highest BCUT2D eigenvalue weighted by Gasteiger charge is 2.18. The average Bonchev–Trinajstić information content (AvgIpc) is 2.46. The minimum Gasteiger partial charge on any atom is -0.481 e. The van der Waals surface area contributed by atoms with Gasteiger partial charge in [0.05, 0.1) is 0 Å². The topological polar surface area (TPSA) is 40.5 Å². The van der Waals surface area contributed by atoms with E-state index in [1.54, 1.807) is 0 Å². The zero-order valence-electron chi connectivity index (χ0n) is 12.1. The zero-order valence-corrected chi connectivity index (χ0v) is 12.1. The minimum atomic E-state index is -0.674. The average molecular weight is 275 g/mol. The number of rotatable bonds is 7. The van der Waals surface area contributed by atoms with Crippen molar-refractivity contribution in [3.05, 3.63) is 35.9 Å². The van der Waals surface area contributed by atoms with Crippen LogP contribution in [0.2, 0.25) is 0 Å². The maximum atomic E-state index is 10.5. The number of piperidine rings is 1. The van der Waals surface area contributed by atoms with Crippen LogP contribution >= 0.6 is 0 Å². The molecule has 1 fully saturated rings. The van der Waals surface area contributed by atoms with Crippen molar-refractivity contribution in [3.63, 3.8) is 0 Å². The van der Waals surface area contributed by atoms with Crippen molar-refractivity contribution < 1.29 is 9.90 Å². The van der Waals surface area contributed by atoms with Crippen molar-refractivity contribution in [2.45, 2.75) is 38.5 Å². The number of carboxylic acid groups (broad SMARTS) is 1. The van der Waals surface area contributed by atoms with Gasteiger partial charge in [0.15, 0.2) is 0 Å². The van der Waals surface area contributed by atoms with Gasteiger partial charge in [0, 0.05) is 6.42 Å². The molecule has 0 amide bonds. The highest BCUT2D eigenvalue weighted by molar-refractivity contribution is 5.66. The van der Waals surface area contributed by atoms with E-state index in [2.05, 4.69) is 35.2 Å². The number of carbonyl (C=O) groups is 1. The molecule has 1 aromatic carbocycles. The smallest absolute Gasteiger partial charge is 0.303 e. The molecule has 0 unspecified atom stereocenters. The highest BCUT2D eigenvalue weighted by atomic mass is 16.4. The third kappa shape index (κ3) is 5.33. The van der Waals surface area contributed by atoms with Gasteiger partial charge in [-0.1, -0.05) is 30.3 Å². The Morgan fingerprint density at radius 3 is 2.50 bits per heavy atom. The van der Waals surface area contributed by atoms with Crippen molar-refractivity contribution in [2.75, 3.05) is 19.6 Å². The quantitative estimate of drug-likeness (QED) is 0.777. The third-order valence-electron chi connectivity index (χ3n) is 4.19. The molecule has 0 bridgehead atoms. The fourth-order valence-corrected chi connectivity index (χ4v) is 2.97. The summed E-state index contributed by atoms with van der Waals surface area (Å²) in [7, 11) is 0. The molecule has 2 rings (SSSR count). The molecule has 1 heterocycles. The molecule has 1 aliphatic heterocycles. The highest BCUT2D eigenvalue weighted by Crippen LogP contribution is 2.21. The number of aliphatic carboxylic acids is 1. The summed E-state index contributed by atoms with van der Waals surface area (Å²) in [6.45, 7) is 3.40. The Labute approximate surface area is 121 Å². The summed E-state index contributed by atoms with van der Waals surface area (Å²) < 4.78 is 0. The summed E-state index contributed by atoms with van der Waals surface area (Å²) in [6, 6.07) is 10.7. The van der Waals surface area contributed by atoms with Gasteiger partial charge in [-0.05, 0) is 63.2 Å². The molecule has 0 radical (unpaired) electrons. The van der Waals surface area contributed by atoms with Crippen molar-refractivity contribution in [1.82, 2.24) is 4.90 Å². The first kappa shape index (κ1) is 15.0. The predicted octanol–water partition coefficient (Wildman–Crippen LogP) is 3.20. The van der Waals surface area contributed by atoms with Crippen LogP contribution in [-0.2, 0) is 11.2 Å². The second-order valence-electron chi connectivity index (χ2n) is 5.83. The van der Waals surface area contributed by atoms with Gasteiger partial charge in [0.25, 0.3) is 0 Å². The van der Waals surface area contributed by atoms with Crippen molar-refractivity contribution in [1.29, 1.82) is 0 Å². The van der Waals surface area contributed by atoms with E-state index in [0.29, 0.717) is 6.42 Å². The normalized spacial score (nSPS) is 17.2. The predicted molar refractivity (Wildman–Crippen MR) is 80.8 cm³/mol. The lowest BCUT2D eigenvalue weighted by Crippen LogP contribution is -2.35. The molecule has 1 saturated heterocycles. The van der Waals surface area contributed by atoms with E-state index >= 15 is 0 Å². The summed E-state index contributed by atoms with van der Waals surface area (Å²) in [5.41, 5.74) is 1.45. The summed E-state index contributed by atoms with van der Waals surface area (Å²) in [4.78, 5) is 12.9. The Bertz CT molecular complexity index is 397. The molecular weight excluding hydrogens is 250 g/mol. The maximum Gasteiger partial charge on any atom is 0.303 e. The van der Waals surface area contributed by atoms with Gasteiger partial charge in [-0.15, -0.1) is 0 Å². The SMILES string of the molecule is O=C(O)CCCCN1CCC(Cc2ccccc2)CC1. The van der Waals surface area contributed by atoms with Crippen LogP contribution in [0, 0.1) is 5.92 Å². The summed E-state index contributed by atoms with van der Waals surface area (Å²) in [5, 5.41) is 8.61. The number of benzene rings is 1. The standard InChI is InChI=1S/C17H25NO2/c19-17(20)8-4-5-11-18-12-9-16(10-13-18)14-15-6-2-1-3-7-15/h1-3,6-7,16H,4-5,8-14H2,(H,19,20). The fraction of sp³-hybridized carbons (Fsp3) is 0.588. The lowest BCUT2D eigenvalue weighted by Gasteiger charge is -2.32. The van der Waals surface area contributed by atoms with E-state index in [0.717, 1.165) is 25.3 Å². The Kier molecular flexibility index (Phi) is 6.06. The largest absolute Gasteiger partial charge is 0.481 e. The molecule has 0 atom stereocenters. The number of likely N-dealkylation sites (tertiary alicyclic amines) is 1. The molecule has 0 aromatic heterocycles. The number of carboxylic acids is 1. The number of hydrogen-bond acceptors (Lipinski definition) is 2. The Morgan fingerprint density at radius 2 is 1.85 bits per heavy atom. The second kappa shape index (κ2) is 8.05. The van der Waals surface area contributed by atoms with Crippen molar-refractivity contribution in [3.8, 4) is 0 Å². The molecule has 110 valence electrons. The summed E-state index contributed by atoms with van der Waals surface area (Å²) in [5.74, 6) is 0.138. The molecule has 0 aliphatic carbocycles. The number of hydrogen-bond donors (Lipinski definition) is 1. The Morgan fingerprint density at radius 1 is 1.15 bits per heavy atom. The van der Waals surface area contributed by atoms with Crippen LogP contribution in [0.15, 0.2) is 30.3 Å².